The highest BCUT2D eigenvalue weighted by atomic mass is 16.2. The van der Waals surface area contributed by atoms with Crippen molar-refractivity contribution in [2.45, 2.75) is 13.3 Å². The molecule has 1 amide bonds. The number of pyridine rings is 1. The van der Waals surface area contributed by atoms with Crippen LogP contribution in [-0.2, 0) is 11.2 Å². The van der Waals surface area contributed by atoms with Gasteiger partial charge >= 0.3 is 0 Å². The normalized spacial score (nSPS) is 11.2. The number of hydrogen-bond donors (Lipinski definition) is 1. The molecule has 2 aromatic heterocycles. The molecule has 0 saturated heterocycles. The molecule has 2 N–H and O–H groups in total. The standard InChI is InChI=1S/C27H24N4O/c1-19(32)31(23-8-5-15-29-17-23)30-18-22(13-14-28)26-16-21(11-12-27(26)30)25-10-4-7-20-6-2-3-9-24(20)25/h2-12,15-18H,13-14,28H2,1H3. The molecule has 5 rings (SSSR count). The van der Waals surface area contributed by atoms with Crippen molar-refractivity contribution >= 4 is 33.3 Å². The number of carbonyl (C=O) groups is 1. The third-order valence-corrected chi connectivity index (χ3v) is 5.79. The van der Waals surface area contributed by atoms with Gasteiger partial charge in [0.25, 0.3) is 0 Å². The summed E-state index contributed by atoms with van der Waals surface area (Å²) in [6.07, 6.45) is 6.13. The third kappa shape index (κ3) is 3.43. The van der Waals surface area contributed by atoms with E-state index in [1.807, 2.05) is 23.0 Å². The number of anilines is 1. The van der Waals surface area contributed by atoms with E-state index in [4.69, 9.17) is 5.73 Å². The van der Waals surface area contributed by atoms with E-state index in [1.54, 1.807) is 24.3 Å². The van der Waals surface area contributed by atoms with E-state index < -0.39 is 0 Å². The fourth-order valence-corrected chi connectivity index (χ4v) is 4.38. The summed E-state index contributed by atoms with van der Waals surface area (Å²) in [7, 11) is 0. The van der Waals surface area contributed by atoms with Crippen LogP contribution in [0.25, 0.3) is 32.8 Å². The summed E-state index contributed by atoms with van der Waals surface area (Å²) < 4.78 is 1.91. The quantitative estimate of drug-likeness (QED) is 0.426. The lowest BCUT2D eigenvalue weighted by molar-refractivity contribution is -0.117. The second kappa shape index (κ2) is 8.29. The predicted molar refractivity (Wildman–Crippen MR) is 130 cm³/mol. The minimum Gasteiger partial charge on any atom is -0.330 e. The molecular formula is C27H24N4O. The molecule has 0 aliphatic heterocycles. The van der Waals surface area contributed by atoms with Gasteiger partial charge < -0.3 is 5.73 Å². The molecule has 2 heterocycles. The Morgan fingerprint density at radius 1 is 1.00 bits per heavy atom. The SMILES string of the molecule is CC(=O)N(c1cccnc1)n1cc(CCN)c2cc(-c3cccc4ccccc34)ccc21. The van der Waals surface area contributed by atoms with Gasteiger partial charge in [-0.25, -0.2) is 5.01 Å². The maximum absolute atomic E-state index is 12.6. The van der Waals surface area contributed by atoms with E-state index in [0.29, 0.717) is 12.2 Å². The van der Waals surface area contributed by atoms with E-state index in [2.05, 4.69) is 65.6 Å². The highest BCUT2D eigenvalue weighted by Gasteiger charge is 2.19. The average Bonchev–Trinajstić information content (AvgIpc) is 3.17. The maximum Gasteiger partial charge on any atom is 0.243 e. The van der Waals surface area contributed by atoms with Crippen molar-refractivity contribution in [3.05, 3.63) is 97.0 Å². The molecule has 3 aromatic carbocycles. The summed E-state index contributed by atoms with van der Waals surface area (Å²) in [5, 5.41) is 5.17. The lowest BCUT2D eigenvalue weighted by Gasteiger charge is -2.23. The Labute approximate surface area is 186 Å². The van der Waals surface area contributed by atoms with Crippen LogP contribution >= 0.6 is 0 Å². The summed E-state index contributed by atoms with van der Waals surface area (Å²) in [4.78, 5) is 16.8. The van der Waals surface area contributed by atoms with Gasteiger partial charge in [-0.15, -0.1) is 0 Å². The zero-order chi connectivity index (χ0) is 22.1. The van der Waals surface area contributed by atoms with Crippen molar-refractivity contribution in [2.75, 3.05) is 11.6 Å². The van der Waals surface area contributed by atoms with Crippen LogP contribution in [-0.4, -0.2) is 22.1 Å². The van der Waals surface area contributed by atoms with E-state index in [0.717, 1.165) is 28.5 Å². The van der Waals surface area contributed by atoms with Crippen LogP contribution in [0.15, 0.2) is 91.4 Å². The number of carbonyl (C=O) groups excluding carboxylic acids is 1. The average molecular weight is 421 g/mol. The summed E-state index contributed by atoms with van der Waals surface area (Å²) in [6, 6.07) is 24.9. The van der Waals surface area contributed by atoms with Crippen LogP contribution in [0.2, 0.25) is 0 Å². The minimum atomic E-state index is -0.0904. The van der Waals surface area contributed by atoms with Crippen LogP contribution in [0.4, 0.5) is 5.69 Å². The zero-order valence-corrected chi connectivity index (χ0v) is 17.9. The topological polar surface area (TPSA) is 64.2 Å². The molecule has 0 fully saturated rings. The van der Waals surface area contributed by atoms with Crippen LogP contribution in [0.5, 0.6) is 0 Å². The molecule has 0 aliphatic rings. The lowest BCUT2D eigenvalue weighted by Crippen LogP contribution is -2.33. The summed E-state index contributed by atoms with van der Waals surface area (Å²) in [5.41, 5.74) is 11.0. The second-order valence-corrected chi connectivity index (χ2v) is 7.84. The third-order valence-electron chi connectivity index (χ3n) is 5.79. The molecule has 5 aromatic rings. The Morgan fingerprint density at radius 3 is 2.62 bits per heavy atom. The maximum atomic E-state index is 12.6. The van der Waals surface area contributed by atoms with Crippen molar-refractivity contribution in [3.8, 4) is 11.1 Å². The fraction of sp³-hybridized carbons (Fsp3) is 0.111. The van der Waals surface area contributed by atoms with Gasteiger partial charge in [-0.3, -0.25) is 14.5 Å². The van der Waals surface area contributed by atoms with Crippen LogP contribution in [0.3, 0.4) is 0 Å². The number of amides is 1. The van der Waals surface area contributed by atoms with Crippen LogP contribution in [0.1, 0.15) is 12.5 Å². The molecule has 0 bridgehead atoms. The molecule has 5 nitrogen and oxygen atoms in total. The van der Waals surface area contributed by atoms with E-state index in [-0.39, 0.29) is 5.91 Å². The summed E-state index contributed by atoms with van der Waals surface area (Å²) >= 11 is 0. The minimum absolute atomic E-state index is 0.0904. The van der Waals surface area contributed by atoms with Gasteiger partial charge in [-0.2, -0.15) is 0 Å². The Balaban J connectivity index is 1.72. The first-order valence-corrected chi connectivity index (χ1v) is 10.7. The highest BCUT2D eigenvalue weighted by Crippen LogP contribution is 2.33. The Morgan fingerprint density at radius 2 is 1.84 bits per heavy atom. The van der Waals surface area contributed by atoms with Crippen molar-refractivity contribution in [1.82, 2.24) is 9.66 Å². The molecule has 5 heteroatoms. The largest absolute Gasteiger partial charge is 0.330 e. The second-order valence-electron chi connectivity index (χ2n) is 7.84. The van der Waals surface area contributed by atoms with Crippen molar-refractivity contribution in [2.24, 2.45) is 5.73 Å². The zero-order valence-electron chi connectivity index (χ0n) is 17.9. The number of rotatable bonds is 5. The van der Waals surface area contributed by atoms with Gasteiger partial charge in [0.2, 0.25) is 5.91 Å². The van der Waals surface area contributed by atoms with E-state index in [9.17, 15) is 4.79 Å². The van der Waals surface area contributed by atoms with Crippen molar-refractivity contribution in [1.29, 1.82) is 0 Å². The molecule has 0 radical (unpaired) electrons. The summed E-state index contributed by atoms with van der Waals surface area (Å²) in [5.74, 6) is -0.0904. The Bertz CT molecular complexity index is 1420. The first-order valence-electron chi connectivity index (χ1n) is 10.7. The molecule has 0 saturated carbocycles. The van der Waals surface area contributed by atoms with E-state index >= 15 is 0 Å². The molecule has 0 spiro atoms. The van der Waals surface area contributed by atoms with Gasteiger partial charge in [0.1, 0.15) is 0 Å². The first kappa shape index (κ1) is 20.0. The number of nitrogens with two attached hydrogens (primary N) is 1. The van der Waals surface area contributed by atoms with Gasteiger partial charge in [0, 0.05) is 24.7 Å². The van der Waals surface area contributed by atoms with Gasteiger partial charge in [-0.05, 0) is 64.7 Å². The fourth-order valence-electron chi connectivity index (χ4n) is 4.38. The number of fused-ring (bicyclic) bond motifs is 2. The monoisotopic (exact) mass is 420 g/mol. The number of hydrogen-bond acceptors (Lipinski definition) is 3. The van der Waals surface area contributed by atoms with Crippen LogP contribution in [0, 0.1) is 0 Å². The molecule has 0 aliphatic carbocycles. The molecular weight excluding hydrogens is 396 g/mol. The Hall–Kier alpha value is -3.96. The van der Waals surface area contributed by atoms with Gasteiger partial charge in [-0.1, -0.05) is 48.5 Å². The molecule has 0 atom stereocenters. The van der Waals surface area contributed by atoms with E-state index in [1.165, 1.54) is 16.3 Å². The highest BCUT2D eigenvalue weighted by molar-refractivity contribution is 6.00. The number of benzene rings is 3. The molecule has 158 valence electrons. The Kier molecular flexibility index (Phi) is 5.17. The van der Waals surface area contributed by atoms with Gasteiger partial charge in [0.05, 0.1) is 17.4 Å². The first-order chi connectivity index (χ1) is 15.7. The lowest BCUT2D eigenvalue weighted by atomic mass is 9.96. The van der Waals surface area contributed by atoms with Crippen LogP contribution < -0.4 is 10.7 Å². The van der Waals surface area contributed by atoms with Crippen molar-refractivity contribution < 1.29 is 4.79 Å². The number of nitrogens with zero attached hydrogens (tertiary/aromatic N) is 3. The van der Waals surface area contributed by atoms with Gasteiger partial charge in [0.15, 0.2) is 0 Å². The number of aromatic nitrogens is 2. The molecule has 0 unspecified atom stereocenters. The molecule has 32 heavy (non-hydrogen) atoms. The smallest absolute Gasteiger partial charge is 0.243 e. The predicted octanol–water partition coefficient (Wildman–Crippen LogP) is 5.17. The summed E-state index contributed by atoms with van der Waals surface area (Å²) in [6.45, 7) is 2.09. The van der Waals surface area contributed by atoms with Crippen molar-refractivity contribution in [3.63, 3.8) is 0 Å².